The van der Waals surface area contributed by atoms with E-state index in [1.807, 2.05) is 0 Å². The van der Waals surface area contributed by atoms with E-state index in [9.17, 15) is 0 Å². The molecule has 0 aromatic heterocycles. The van der Waals surface area contributed by atoms with Gasteiger partial charge in [0, 0.05) is 11.7 Å². The first-order valence-corrected chi connectivity index (χ1v) is 7.21. The maximum absolute atomic E-state index is 3.63. The second kappa shape index (κ2) is 4.68. The molecule has 1 heteroatoms. The van der Waals surface area contributed by atoms with Crippen LogP contribution in [0.1, 0.15) is 11.1 Å². The van der Waals surface area contributed by atoms with Gasteiger partial charge in [0.1, 0.15) is 0 Å². The molecule has 0 saturated carbocycles. The summed E-state index contributed by atoms with van der Waals surface area (Å²) in [5.41, 5.74) is 4.16. The predicted octanol–water partition coefficient (Wildman–Crippen LogP) is 4.42. The average molecular weight is 259 g/mol. The van der Waals surface area contributed by atoms with Crippen LogP contribution in [0.5, 0.6) is 0 Å². The van der Waals surface area contributed by atoms with E-state index in [0.717, 1.165) is 12.8 Å². The zero-order valence-electron chi connectivity index (χ0n) is 11.3. The normalized spacial score (nSPS) is 16.9. The molecule has 0 radical (unpaired) electrons. The summed E-state index contributed by atoms with van der Waals surface area (Å²) >= 11 is 0. The predicted molar refractivity (Wildman–Crippen MR) is 85.2 cm³/mol. The van der Waals surface area contributed by atoms with Crippen molar-refractivity contribution >= 4 is 16.5 Å². The van der Waals surface area contributed by atoms with Gasteiger partial charge < -0.3 is 5.32 Å². The number of anilines is 1. The van der Waals surface area contributed by atoms with Crippen molar-refractivity contribution in [3.05, 3.63) is 77.9 Å². The van der Waals surface area contributed by atoms with E-state index in [1.54, 1.807) is 0 Å². The Labute approximate surface area is 119 Å². The SMILES string of the molecule is c1ccc2c(c1)C[C@H](Cc1ccc3ccccc3c1)N2. The lowest BCUT2D eigenvalue weighted by Crippen LogP contribution is -2.18. The van der Waals surface area contributed by atoms with Gasteiger partial charge in [-0.2, -0.15) is 0 Å². The van der Waals surface area contributed by atoms with Gasteiger partial charge in [0.05, 0.1) is 0 Å². The molecule has 0 aliphatic carbocycles. The molecular formula is C19H17N. The van der Waals surface area contributed by atoms with Crippen LogP contribution < -0.4 is 5.32 Å². The second-order valence-corrected chi connectivity index (χ2v) is 5.59. The van der Waals surface area contributed by atoms with Crippen molar-refractivity contribution in [1.82, 2.24) is 0 Å². The molecule has 1 N–H and O–H groups in total. The van der Waals surface area contributed by atoms with E-state index in [2.05, 4.69) is 72.0 Å². The van der Waals surface area contributed by atoms with Crippen LogP contribution in [0.15, 0.2) is 66.7 Å². The Hall–Kier alpha value is -2.28. The van der Waals surface area contributed by atoms with Gasteiger partial charge in [-0.05, 0) is 40.8 Å². The summed E-state index contributed by atoms with van der Waals surface area (Å²) in [7, 11) is 0. The Balaban J connectivity index is 1.57. The van der Waals surface area contributed by atoms with E-state index in [-0.39, 0.29) is 0 Å². The molecule has 0 spiro atoms. The largest absolute Gasteiger partial charge is 0.381 e. The molecule has 1 heterocycles. The highest BCUT2D eigenvalue weighted by Crippen LogP contribution is 2.27. The number of fused-ring (bicyclic) bond motifs is 2. The van der Waals surface area contributed by atoms with Crippen LogP contribution >= 0.6 is 0 Å². The Kier molecular flexibility index (Phi) is 2.70. The lowest BCUT2D eigenvalue weighted by Gasteiger charge is -2.12. The minimum absolute atomic E-state index is 0.522. The Morgan fingerprint density at radius 3 is 2.55 bits per heavy atom. The van der Waals surface area contributed by atoms with Crippen molar-refractivity contribution in [2.24, 2.45) is 0 Å². The highest BCUT2D eigenvalue weighted by Gasteiger charge is 2.19. The first-order valence-electron chi connectivity index (χ1n) is 7.21. The molecule has 20 heavy (non-hydrogen) atoms. The van der Waals surface area contributed by atoms with E-state index in [1.165, 1.54) is 27.6 Å². The summed E-state index contributed by atoms with van der Waals surface area (Å²) in [5, 5.41) is 6.28. The van der Waals surface area contributed by atoms with Crippen molar-refractivity contribution in [2.75, 3.05) is 5.32 Å². The first kappa shape index (κ1) is 11.5. The number of nitrogens with one attached hydrogen (secondary N) is 1. The summed E-state index contributed by atoms with van der Waals surface area (Å²) < 4.78 is 0. The fourth-order valence-electron chi connectivity index (χ4n) is 3.15. The summed E-state index contributed by atoms with van der Waals surface area (Å²) in [4.78, 5) is 0. The molecule has 3 aromatic carbocycles. The Morgan fingerprint density at radius 1 is 0.850 bits per heavy atom. The lowest BCUT2D eigenvalue weighted by molar-refractivity contribution is 0.747. The average Bonchev–Trinajstić information content (AvgIpc) is 2.89. The van der Waals surface area contributed by atoms with Crippen LogP contribution in [0.2, 0.25) is 0 Å². The molecule has 4 rings (SSSR count). The van der Waals surface area contributed by atoms with Crippen LogP contribution in [0, 0.1) is 0 Å². The van der Waals surface area contributed by atoms with E-state index >= 15 is 0 Å². The smallest absolute Gasteiger partial charge is 0.0375 e. The summed E-state index contributed by atoms with van der Waals surface area (Å²) in [6.07, 6.45) is 2.21. The third-order valence-electron chi connectivity index (χ3n) is 4.14. The topological polar surface area (TPSA) is 12.0 Å². The number of hydrogen-bond donors (Lipinski definition) is 1. The van der Waals surface area contributed by atoms with Crippen molar-refractivity contribution in [3.8, 4) is 0 Å². The standard InChI is InChI=1S/C19H17N/c1-2-6-16-11-14(9-10-15(16)5-1)12-18-13-17-7-3-4-8-19(17)20-18/h1-11,18,20H,12-13H2/t18-/m0/s1. The van der Waals surface area contributed by atoms with Gasteiger partial charge in [0.15, 0.2) is 0 Å². The highest BCUT2D eigenvalue weighted by atomic mass is 14.9. The number of rotatable bonds is 2. The van der Waals surface area contributed by atoms with E-state index < -0.39 is 0 Å². The van der Waals surface area contributed by atoms with Crippen molar-refractivity contribution < 1.29 is 0 Å². The lowest BCUT2D eigenvalue weighted by atomic mass is 10.00. The highest BCUT2D eigenvalue weighted by molar-refractivity contribution is 5.83. The zero-order valence-corrected chi connectivity index (χ0v) is 11.3. The number of hydrogen-bond acceptors (Lipinski definition) is 1. The molecule has 3 aromatic rings. The maximum atomic E-state index is 3.63. The summed E-state index contributed by atoms with van der Waals surface area (Å²) in [6, 6.07) is 24.5. The first-order chi connectivity index (χ1) is 9.88. The fourth-order valence-corrected chi connectivity index (χ4v) is 3.15. The number of benzene rings is 3. The van der Waals surface area contributed by atoms with Gasteiger partial charge in [0.25, 0.3) is 0 Å². The minimum Gasteiger partial charge on any atom is -0.381 e. The van der Waals surface area contributed by atoms with Crippen LogP contribution in [0.4, 0.5) is 5.69 Å². The van der Waals surface area contributed by atoms with Crippen LogP contribution in [-0.4, -0.2) is 6.04 Å². The molecule has 0 saturated heterocycles. The Bertz CT molecular complexity index is 735. The minimum atomic E-state index is 0.522. The molecule has 0 unspecified atom stereocenters. The van der Waals surface area contributed by atoms with Gasteiger partial charge in [-0.1, -0.05) is 60.7 Å². The molecule has 0 fully saturated rings. The monoisotopic (exact) mass is 259 g/mol. The van der Waals surface area contributed by atoms with Crippen LogP contribution in [-0.2, 0) is 12.8 Å². The summed E-state index contributed by atoms with van der Waals surface area (Å²) in [5.74, 6) is 0. The van der Waals surface area contributed by atoms with Gasteiger partial charge in [-0.25, -0.2) is 0 Å². The maximum Gasteiger partial charge on any atom is 0.0375 e. The van der Waals surface area contributed by atoms with Gasteiger partial charge >= 0.3 is 0 Å². The molecule has 0 amide bonds. The molecule has 1 aliphatic heterocycles. The van der Waals surface area contributed by atoms with Gasteiger partial charge in [0.2, 0.25) is 0 Å². The molecular weight excluding hydrogens is 242 g/mol. The summed E-state index contributed by atoms with van der Waals surface area (Å²) in [6.45, 7) is 0. The second-order valence-electron chi connectivity index (χ2n) is 5.59. The van der Waals surface area contributed by atoms with Crippen LogP contribution in [0.3, 0.4) is 0 Å². The van der Waals surface area contributed by atoms with Crippen molar-refractivity contribution in [1.29, 1.82) is 0 Å². The molecule has 98 valence electrons. The van der Waals surface area contributed by atoms with Crippen molar-refractivity contribution in [2.45, 2.75) is 18.9 Å². The number of para-hydroxylation sites is 1. The van der Waals surface area contributed by atoms with E-state index in [0.29, 0.717) is 6.04 Å². The molecule has 1 nitrogen and oxygen atoms in total. The van der Waals surface area contributed by atoms with E-state index in [4.69, 9.17) is 0 Å². The van der Waals surface area contributed by atoms with Crippen LogP contribution in [0.25, 0.3) is 10.8 Å². The zero-order chi connectivity index (χ0) is 13.4. The van der Waals surface area contributed by atoms with Crippen molar-refractivity contribution in [3.63, 3.8) is 0 Å². The Morgan fingerprint density at radius 2 is 1.65 bits per heavy atom. The fraction of sp³-hybridized carbons (Fsp3) is 0.158. The molecule has 0 bridgehead atoms. The third kappa shape index (κ3) is 2.05. The molecule has 1 aliphatic rings. The quantitative estimate of drug-likeness (QED) is 0.718. The van der Waals surface area contributed by atoms with Gasteiger partial charge in [-0.15, -0.1) is 0 Å². The van der Waals surface area contributed by atoms with Gasteiger partial charge in [-0.3, -0.25) is 0 Å². The molecule has 1 atom stereocenters. The third-order valence-corrected chi connectivity index (χ3v) is 4.14.